The number of nitrogen functional groups attached to an aromatic ring is 1. The van der Waals surface area contributed by atoms with Crippen LogP contribution in [0.2, 0.25) is 0 Å². The SMILES string of the molecule is C.C=Cc1cc(C2(C)C=C3Sc4cc(-c5ccc(N)c(C=C)c5)ccc4N(CCCSN4CCN(C(=C)CC(C)(C)C)CC4)C3=CC2)ccc1C. The van der Waals surface area contributed by atoms with E-state index in [9.17, 15) is 0 Å². The van der Waals surface area contributed by atoms with Crippen molar-refractivity contribution in [3.05, 3.63) is 125 Å². The van der Waals surface area contributed by atoms with E-state index < -0.39 is 0 Å². The van der Waals surface area contributed by atoms with E-state index in [1.807, 2.05) is 41.9 Å². The van der Waals surface area contributed by atoms with Crippen molar-refractivity contribution in [1.82, 2.24) is 9.21 Å². The Bertz CT molecular complexity index is 1840. The number of nitrogens with two attached hydrogens (primary N) is 1. The molecule has 51 heavy (non-hydrogen) atoms. The molecule has 0 bridgehead atoms. The van der Waals surface area contributed by atoms with Crippen LogP contribution < -0.4 is 10.6 Å². The van der Waals surface area contributed by atoms with Gasteiger partial charge in [-0.25, -0.2) is 4.31 Å². The Kier molecular flexibility index (Phi) is 12.1. The van der Waals surface area contributed by atoms with Crippen LogP contribution in [0.15, 0.2) is 108 Å². The second kappa shape index (κ2) is 16.0. The zero-order chi connectivity index (χ0) is 35.6. The molecule has 2 N–H and O–H groups in total. The van der Waals surface area contributed by atoms with Gasteiger partial charge in [0.25, 0.3) is 0 Å². The Morgan fingerprint density at radius 2 is 1.67 bits per heavy atom. The monoisotopic (exact) mass is 718 g/mol. The smallest absolute Gasteiger partial charge is 0.0553 e. The fourth-order valence-electron chi connectivity index (χ4n) is 7.27. The summed E-state index contributed by atoms with van der Waals surface area (Å²) in [6.07, 6.45) is 11.9. The highest BCUT2D eigenvalue weighted by molar-refractivity contribution is 8.03. The topological polar surface area (TPSA) is 35.7 Å². The van der Waals surface area contributed by atoms with Gasteiger partial charge in [-0.2, -0.15) is 0 Å². The van der Waals surface area contributed by atoms with Crippen molar-refractivity contribution in [2.24, 2.45) is 5.41 Å². The van der Waals surface area contributed by atoms with Crippen LogP contribution in [-0.2, 0) is 5.41 Å². The van der Waals surface area contributed by atoms with Crippen molar-refractivity contribution >= 4 is 47.2 Å². The van der Waals surface area contributed by atoms with Gasteiger partial charge in [-0.3, -0.25) is 0 Å². The van der Waals surface area contributed by atoms with E-state index in [-0.39, 0.29) is 18.3 Å². The minimum atomic E-state index is -0.0932. The number of hydrogen-bond donors (Lipinski definition) is 1. The summed E-state index contributed by atoms with van der Waals surface area (Å²) >= 11 is 3.92. The molecule has 6 heteroatoms. The van der Waals surface area contributed by atoms with Crippen LogP contribution in [0.5, 0.6) is 0 Å². The van der Waals surface area contributed by atoms with Gasteiger partial charge < -0.3 is 15.5 Å². The van der Waals surface area contributed by atoms with Crippen molar-refractivity contribution in [1.29, 1.82) is 0 Å². The summed E-state index contributed by atoms with van der Waals surface area (Å²) in [5.41, 5.74) is 18.2. The largest absolute Gasteiger partial charge is 0.398 e. The van der Waals surface area contributed by atoms with Crippen LogP contribution in [0.3, 0.4) is 0 Å². The lowest BCUT2D eigenvalue weighted by molar-refractivity contribution is 0.219. The third-order valence-electron chi connectivity index (χ3n) is 10.2. The van der Waals surface area contributed by atoms with Crippen LogP contribution in [-0.4, -0.2) is 47.7 Å². The van der Waals surface area contributed by atoms with Gasteiger partial charge in [0, 0.05) is 65.1 Å². The zero-order valence-electron chi connectivity index (χ0n) is 30.7. The molecular weight excluding hydrogens is 661 g/mol. The van der Waals surface area contributed by atoms with Crippen molar-refractivity contribution in [3.8, 4) is 11.1 Å². The predicted octanol–water partition coefficient (Wildman–Crippen LogP) is 11.8. The lowest BCUT2D eigenvalue weighted by atomic mass is 9.76. The fourth-order valence-corrected chi connectivity index (χ4v) is 9.53. The molecule has 3 aliphatic rings. The van der Waals surface area contributed by atoms with Gasteiger partial charge in [-0.15, -0.1) is 0 Å². The molecule has 1 aliphatic carbocycles. The highest BCUT2D eigenvalue weighted by Gasteiger charge is 2.34. The maximum Gasteiger partial charge on any atom is 0.0553 e. The quantitative estimate of drug-likeness (QED) is 0.121. The van der Waals surface area contributed by atoms with Gasteiger partial charge in [0.1, 0.15) is 0 Å². The van der Waals surface area contributed by atoms with E-state index in [1.165, 1.54) is 49.1 Å². The lowest BCUT2D eigenvalue weighted by Crippen LogP contribution is -2.43. The average molecular weight is 719 g/mol. The fraction of sp³-hybridized carbons (Fsp3) is 0.378. The minimum absolute atomic E-state index is 0. The molecule has 2 heterocycles. The number of rotatable bonds is 11. The summed E-state index contributed by atoms with van der Waals surface area (Å²) in [5.74, 6) is 1.10. The number of nitrogens with zero attached hydrogens (tertiary/aromatic N) is 3. The first-order chi connectivity index (χ1) is 23.9. The highest BCUT2D eigenvalue weighted by Crippen LogP contribution is 2.52. The second-order valence-corrected chi connectivity index (χ2v) is 17.7. The highest BCUT2D eigenvalue weighted by atomic mass is 32.2. The first-order valence-electron chi connectivity index (χ1n) is 18.0. The maximum atomic E-state index is 6.21. The summed E-state index contributed by atoms with van der Waals surface area (Å²) in [5, 5.41) is 0. The number of hydrogen-bond acceptors (Lipinski definition) is 6. The molecule has 4 nitrogen and oxygen atoms in total. The molecule has 0 saturated carbocycles. The van der Waals surface area contributed by atoms with E-state index >= 15 is 0 Å². The molecule has 1 saturated heterocycles. The first kappa shape index (κ1) is 38.6. The molecule has 0 radical (unpaired) electrons. The predicted molar refractivity (Wildman–Crippen MR) is 229 cm³/mol. The molecule has 1 atom stereocenters. The number of aryl methyl sites for hydroxylation is 1. The van der Waals surface area contributed by atoms with Crippen molar-refractivity contribution in [2.45, 2.75) is 71.6 Å². The number of benzene rings is 3. The second-order valence-electron chi connectivity index (χ2n) is 15.4. The van der Waals surface area contributed by atoms with Gasteiger partial charge in [0.2, 0.25) is 0 Å². The van der Waals surface area contributed by atoms with E-state index in [4.69, 9.17) is 5.73 Å². The molecule has 6 rings (SSSR count). The normalized spacial score (nSPS) is 18.9. The Morgan fingerprint density at radius 3 is 2.37 bits per heavy atom. The third kappa shape index (κ3) is 8.73. The van der Waals surface area contributed by atoms with Crippen LogP contribution in [0, 0.1) is 12.3 Å². The van der Waals surface area contributed by atoms with E-state index in [0.717, 1.165) is 74.6 Å². The molecule has 0 amide bonds. The van der Waals surface area contributed by atoms with Gasteiger partial charge in [-0.05, 0) is 89.2 Å². The van der Waals surface area contributed by atoms with Crippen molar-refractivity contribution in [3.63, 3.8) is 0 Å². The van der Waals surface area contributed by atoms with E-state index in [0.29, 0.717) is 0 Å². The number of fused-ring (bicyclic) bond motifs is 2. The van der Waals surface area contributed by atoms with Crippen LogP contribution in [0.1, 0.15) is 76.6 Å². The van der Waals surface area contributed by atoms with E-state index in [2.05, 4.69) is 129 Å². The molecule has 3 aromatic rings. The summed E-state index contributed by atoms with van der Waals surface area (Å²) in [6, 6.07) is 20.0. The summed E-state index contributed by atoms with van der Waals surface area (Å²) < 4.78 is 2.56. The third-order valence-corrected chi connectivity index (χ3v) is 12.5. The number of allylic oxidation sites excluding steroid dienone is 3. The van der Waals surface area contributed by atoms with Crippen LogP contribution in [0.4, 0.5) is 11.4 Å². The van der Waals surface area contributed by atoms with Crippen LogP contribution in [0.25, 0.3) is 23.3 Å². The number of piperazine rings is 1. The standard InChI is InChI=1S/C44H54N4S2.CH4/c1-9-33-27-37(15-12-31(33)3)44(8)19-18-40-42(30-44)50-41-28-36(35-13-16-38(45)34(10-2)26-35)14-17-39(41)48(40)20-11-25-49-47-23-21-46(22-24-47)32(4)29-43(5,6)7;/h9-10,12-18,26-28,30H,1-2,4,11,19-25,29,45H2,3,5-8H3;1H4. The molecule has 1 fully saturated rings. The molecule has 270 valence electrons. The van der Waals surface area contributed by atoms with Crippen molar-refractivity contribution in [2.75, 3.05) is 49.1 Å². The average Bonchev–Trinajstić information content (AvgIpc) is 3.09. The Balaban J connectivity index is 0.00000504. The molecule has 3 aromatic carbocycles. The summed E-state index contributed by atoms with van der Waals surface area (Å²) in [6.45, 7) is 29.2. The molecular formula is C45H58N4S2. The number of thioether (sulfide) groups is 1. The maximum absolute atomic E-state index is 6.21. The molecule has 0 spiro atoms. The lowest BCUT2D eigenvalue weighted by Gasteiger charge is -2.40. The minimum Gasteiger partial charge on any atom is -0.398 e. The summed E-state index contributed by atoms with van der Waals surface area (Å²) in [4.78, 5) is 7.71. The number of anilines is 2. The zero-order valence-corrected chi connectivity index (χ0v) is 32.4. The van der Waals surface area contributed by atoms with Crippen molar-refractivity contribution < 1.29 is 0 Å². The Labute approximate surface area is 317 Å². The van der Waals surface area contributed by atoms with Crippen LogP contribution >= 0.6 is 23.7 Å². The van der Waals surface area contributed by atoms with Gasteiger partial charge >= 0.3 is 0 Å². The van der Waals surface area contributed by atoms with Gasteiger partial charge in [0.15, 0.2) is 0 Å². The first-order valence-corrected chi connectivity index (χ1v) is 19.7. The Morgan fingerprint density at radius 1 is 0.961 bits per heavy atom. The van der Waals surface area contributed by atoms with Gasteiger partial charge in [0.05, 0.1) is 11.4 Å². The van der Waals surface area contributed by atoms with E-state index in [1.54, 1.807) is 0 Å². The summed E-state index contributed by atoms with van der Waals surface area (Å²) in [7, 11) is 0. The van der Waals surface area contributed by atoms with Gasteiger partial charge in [-0.1, -0.05) is 133 Å². The Hall–Kier alpha value is -3.58. The molecule has 2 aliphatic heterocycles. The molecule has 0 aromatic heterocycles. The molecule has 1 unspecified atom stereocenters.